The highest BCUT2D eigenvalue weighted by Gasteiger charge is 2.28. The Kier molecular flexibility index (Phi) is 5.81. The van der Waals surface area contributed by atoms with Crippen LogP contribution < -0.4 is 4.90 Å². The van der Waals surface area contributed by atoms with E-state index in [-0.39, 0.29) is 5.91 Å². The monoisotopic (exact) mass is 463 g/mol. The molecule has 2 aromatic carbocycles. The number of aryl methyl sites for hydroxylation is 1. The van der Waals surface area contributed by atoms with Crippen molar-refractivity contribution >= 4 is 46.2 Å². The number of rotatable bonds is 3. The molecule has 0 saturated carbocycles. The van der Waals surface area contributed by atoms with Crippen LogP contribution in [0.4, 0.5) is 5.69 Å². The zero-order valence-corrected chi connectivity index (χ0v) is 19.2. The zero-order chi connectivity index (χ0) is 22.1. The van der Waals surface area contributed by atoms with Gasteiger partial charge in [-0.3, -0.25) is 4.79 Å². The first-order chi connectivity index (χ1) is 15.5. The minimum atomic E-state index is -0.210. The third kappa shape index (κ3) is 4.47. The molecule has 1 aromatic heterocycles. The number of thioether (sulfide) groups is 1. The van der Waals surface area contributed by atoms with E-state index in [9.17, 15) is 4.79 Å². The van der Waals surface area contributed by atoms with Crippen molar-refractivity contribution in [3.05, 3.63) is 81.9 Å². The first kappa shape index (κ1) is 20.9. The maximum atomic E-state index is 12.5. The number of hydrogen-bond donors (Lipinski definition) is 0. The average Bonchev–Trinajstić information content (AvgIpc) is 3.42. The van der Waals surface area contributed by atoms with E-state index in [1.165, 1.54) is 17.3 Å². The minimum Gasteiger partial charge on any atom is -0.457 e. The Balaban J connectivity index is 1.22. The van der Waals surface area contributed by atoms with Gasteiger partial charge in [0, 0.05) is 48.5 Å². The fourth-order valence-corrected chi connectivity index (χ4v) is 4.84. The highest BCUT2D eigenvalue weighted by molar-refractivity contribution is 8.18. The van der Waals surface area contributed by atoms with Crippen LogP contribution in [0.5, 0.6) is 0 Å². The van der Waals surface area contributed by atoms with Gasteiger partial charge >= 0.3 is 0 Å². The minimum absolute atomic E-state index is 0.210. The Morgan fingerprint density at radius 2 is 1.62 bits per heavy atom. The van der Waals surface area contributed by atoms with Gasteiger partial charge in [0.2, 0.25) is 0 Å². The molecule has 7 heteroatoms. The second-order valence-electron chi connectivity index (χ2n) is 7.83. The number of benzene rings is 2. The fourth-order valence-electron chi connectivity index (χ4n) is 3.77. The zero-order valence-electron chi connectivity index (χ0n) is 17.6. The number of carbonyl (C=O) groups is 1. The standard InChI is InChI=1S/C25H22ClN3O2S/c1-17-2-4-18(5-3-17)22-11-10-21(31-22)16-23-24(30)27-25(32-23)29-14-12-28(13-15-29)20-8-6-19(26)7-9-20/h2-11,16H,12-15H2,1H3/b23-16-. The second kappa shape index (κ2) is 8.88. The Morgan fingerprint density at radius 3 is 2.34 bits per heavy atom. The molecule has 1 saturated heterocycles. The van der Waals surface area contributed by atoms with Gasteiger partial charge in [0.25, 0.3) is 5.91 Å². The molecule has 1 amide bonds. The van der Waals surface area contributed by atoms with Gasteiger partial charge in [0.1, 0.15) is 11.5 Å². The van der Waals surface area contributed by atoms with Gasteiger partial charge in [-0.1, -0.05) is 41.4 Å². The van der Waals surface area contributed by atoms with Gasteiger partial charge in [-0.2, -0.15) is 4.99 Å². The average molecular weight is 464 g/mol. The highest BCUT2D eigenvalue weighted by atomic mass is 35.5. The van der Waals surface area contributed by atoms with Gasteiger partial charge in [0.05, 0.1) is 4.91 Å². The van der Waals surface area contributed by atoms with Gasteiger partial charge < -0.3 is 14.2 Å². The number of nitrogens with zero attached hydrogens (tertiary/aromatic N) is 3. The lowest BCUT2D eigenvalue weighted by Crippen LogP contribution is -2.47. The van der Waals surface area contributed by atoms with Crippen molar-refractivity contribution in [1.82, 2.24) is 4.90 Å². The Hall–Kier alpha value is -2.96. The normalized spacial score (nSPS) is 17.9. The molecule has 162 valence electrons. The quantitative estimate of drug-likeness (QED) is 0.466. The van der Waals surface area contributed by atoms with Crippen molar-refractivity contribution in [3.63, 3.8) is 0 Å². The number of carbonyl (C=O) groups excluding carboxylic acids is 1. The molecule has 5 nitrogen and oxygen atoms in total. The highest BCUT2D eigenvalue weighted by Crippen LogP contribution is 2.32. The summed E-state index contributed by atoms with van der Waals surface area (Å²) in [6, 6.07) is 19.9. The summed E-state index contributed by atoms with van der Waals surface area (Å²) in [5.74, 6) is 1.23. The Labute approximate surface area is 196 Å². The second-order valence-corrected chi connectivity index (χ2v) is 9.27. The first-order valence-corrected chi connectivity index (χ1v) is 11.7. The van der Waals surface area contributed by atoms with E-state index >= 15 is 0 Å². The number of furan rings is 1. The van der Waals surface area contributed by atoms with Crippen LogP contribution in [0.3, 0.4) is 0 Å². The maximum absolute atomic E-state index is 12.5. The van der Waals surface area contributed by atoms with Crippen LogP contribution in [-0.2, 0) is 4.79 Å². The molecular formula is C25H22ClN3O2S. The molecule has 0 bridgehead atoms. The number of piperazine rings is 1. The van der Waals surface area contributed by atoms with Crippen LogP contribution >= 0.6 is 23.4 Å². The van der Waals surface area contributed by atoms with E-state index in [0.717, 1.165) is 53.4 Å². The smallest absolute Gasteiger partial charge is 0.286 e. The van der Waals surface area contributed by atoms with Crippen LogP contribution in [0.15, 0.2) is 75.0 Å². The number of anilines is 1. The largest absolute Gasteiger partial charge is 0.457 e. The van der Waals surface area contributed by atoms with Crippen LogP contribution in [0, 0.1) is 6.92 Å². The van der Waals surface area contributed by atoms with E-state index in [4.69, 9.17) is 16.0 Å². The van der Waals surface area contributed by atoms with E-state index in [2.05, 4.69) is 33.8 Å². The number of aliphatic imine (C=N–C) groups is 1. The van der Waals surface area contributed by atoms with E-state index in [1.54, 1.807) is 6.08 Å². The van der Waals surface area contributed by atoms with Crippen LogP contribution in [0.25, 0.3) is 17.4 Å². The molecule has 0 aliphatic carbocycles. The van der Waals surface area contributed by atoms with Crippen molar-refractivity contribution in [2.75, 3.05) is 31.1 Å². The molecule has 3 aromatic rings. The molecule has 5 rings (SSSR count). The summed E-state index contributed by atoms with van der Waals surface area (Å²) in [6.07, 6.45) is 1.78. The fraction of sp³-hybridized carbons (Fsp3) is 0.200. The molecule has 2 aliphatic heterocycles. The lowest BCUT2D eigenvalue weighted by molar-refractivity contribution is -0.113. The van der Waals surface area contributed by atoms with E-state index < -0.39 is 0 Å². The summed E-state index contributed by atoms with van der Waals surface area (Å²) in [4.78, 5) is 21.9. The summed E-state index contributed by atoms with van der Waals surface area (Å²) in [6.45, 7) is 5.42. The topological polar surface area (TPSA) is 49.0 Å². The molecule has 0 atom stereocenters. The lowest BCUT2D eigenvalue weighted by atomic mass is 10.1. The molecule has 2 aliphatic rings. The van der Waals surface area contributed by atoms with Crippen molar-refractivity contribution in [3.8, 4) is 11.3 Å². The van der Waals surface area contributed by atoms with Gasteiger partial charge in [-0.15, -0.1) is 0 Å². The van der Waals surface area contributed by atoms with Crippen LogP contribution in [0.2, 0.25) is 5.02 Å². The number of amidine groups is 1. The SMILES string of the molecule is Cc1ccc(-c2ccc(/C=C3\SC(N4CCN(c5ccc(Cl)cc5)CC4)=NC3=O)o2)cc1. The number of hydrogen-bond acceptors (Lipinski definition) is 5. The molecule has 1 fully saturated rings. The molecule has 0 N–H and O–H groups in total. The molecular weight excluding hydrogens is 442 g/mol. The Morgan fingerprint density at radius 1 is 0.938 bits per heavy atom. The van der Waals surface area contributed by atoms with Crippen molar-refractivity contribution in [1.29, 1.82) is 0 Å². The lowest BCUT2D eigenvalue weighted by Gasteiger charge is -2.36. The summed E-state index contributed by atoms with van der Waals surface area (Å²) >= 11 is 7.41. The number of amides is 1. The van der Waals surface area contributed by atoms with E-state index in [1.807, 2.05) is 48.5 Å². The van der Waals surface area contributed by atoms with Gasteiger partial charge in [-0.25, -0.2) is 0 Å². The summed E-state index contributed by atoms with van der Waals surface area (Å²) in [7, 11) is 0. The molecule has 3 heterocycles. The molecule has 0 spiro atoms. The van der Waals surface area contributed by atoms with Crippen LogP contribution in [0.1, 0.15) is 11.3 Å². The number of halogens is 1. The van der Waals surface area contributed by atoms with Gasteiger partial charge in [-0.05, 0) is 55.1 Å². The predicted octanol–water partition coefficient (Wildman–Crippen LogP) is 5.70. The first-order valence-electron chi connectivity index (χ1n) is 10.5. The van der Waals surface area contributed by atoms with Crippen LogP contribution in [-0.4, -0.2) is 42.2 Å². The predicted molar refractivity (Wildman–Crippen MR) is 132 cm³/mol. The van der Waals surface area contributed by atoms with E-state index in [0.29, 0.717) is 10.7 Å². The van der Waals surface area contributed by atoms with Crippen molar-refractivity contribution < 1.29 is 9.21 Å². The third-order valence-electron chi connectivity index (χ3n) is 5.59. The summed E-state index contributed by atoms with van der Waals surface area (Å²) < 4.78 is 5.95. The van der Waals surface area contributed by atoms with Crippen molar-refractivity contribution in [2.45, 2.75) is 6.92 Å². The molecule has 0 radical (unpaired) electrons. The van der Waals surface area contributed by atoms with Gasteiger partial charge in [0.15, 0.2) is 5.17 Å². The molecule has 0 unspecified atom stereocenters. The van der Waals surface area contributed by atoms with Crippen molar-refractivity contribution in [2.24, 2.45) is 4.99 Å². The summed E-state index contributed by atoms with van der Waals surface area (Å²) in [5.41, 5.74) is 3.38. The Bertz CT molecular complexity index is 1190. The molecule has 32 heavy (non-hydrogen) atoms. The third-order valence-corrected chi connectivity index (χ3v) is 6.88. The summed E-state index contributed by atoms with van der Waals surface area (Å²) in [5, 5.41) is 1.51. The maximum Gasteiger partial charge on any atom is 0.286 e.